The summed E-state index contributed by atoms with van der Waals surface area (Å²) < 4.78 is 4.87. The molecule has 2 aromatic carbocycles. The Morgan fingerprint density at radius 2 is 1.79 bits per heavy atom. The summed E-state index contributed by atoms with van der Waals surface area (Å²) in [7, 11) is 0. The number of rotatable bonds is 9. The molecule has 0 atom stereocenters. The van der Waals surface area contributed by atoms with Gasteiger partial charge in [0.1, 0.15) is 5.02 Å². The number of esters is 1. The van der Waals surface area contributed by atoms with Gasteiger partial charge in [-0.2, -0.15) is 0 Å². The Balaban J connectivity index is 1.73. The summed E-state index contributed by atoms with van der Waals surface area (Å²) in [6, 6.07) is 12.5. The number of Topliss-reactive ketones (excluding diaryl/α,β-unsaturated/α-hetero) is 1. The molecule has 2 rings (SSSR count). The maximum Gasteiger partial charge on any atom is 0.306 e. The zero-order chi connectivity index (χ0) is 20.5. The van der Waals surface area contributed by atoms with E-state index in [2.05, 4.69) is 5.32 Å². The maximum absolute atomic E-state index is 12.0. The number of benzene rings is 2. The lowest BCUT2D eigenvalue weighted by molar-refractivity contribution is -0.384. The molecule has 0 aliphatic carbocycles. The number of para-hydroxylation sites is 1. The fourth-order valence-corrected chi connectivity index (χ4v) is 2.45. The molecule has 0 fully saturated rings. The summed E-state index contributed by atoms with van der Waals surface area (Å²) >= 11 is 5.69. The minimum atomic E-state index is -0.703. The molecule has 2 aromatic rings. The molecule has 9 heteroatoms. The average Bonchev–Trinajstić information content (AvgIpc) is 2.67. The minimum absolute atomic E-state index is 0.0196. The lowest BCUT2D eigenvalue weighted by Gasteiger charge is -2.06. The first-order chi connectivity index (χ1) is 13.4. The molecule has 0 aromatic heterocycles. The largest absolute Gasteiger partial charge is 0.457 e. The van der Waals surface area contributed by atoms with Gasteiger partial charge in [0.2, 0.25) is 11.7 Å². The van der Waals surface area contributed by atoms with Crippen LogP contribution in [0.4, 0.5) is 11.4 Å². The standard InChI is InChI=1S/C19H17ClN2O6/c20-15-10-9-13(11-16(15)22(26)27)17(23)12-28-19(25)8-4-7-18(24)21-14-5-2-1-3-6-14/h1-3,5-6,9-11H,4,7-8,12H2,(H,21,24). The Morgan fingerprint density at radius 3 is 2.46 bits per heavy atom. The molecular formula is C19H17ClN2O6. The summed E-state index contributed by atoms with van der Waals surface area (Å²) in [5, 5.41) is 13.4. The molecule has 1 amide bonds. The van der Waals surface area contributed by atoms with Crippen LogP contribution in [0.1, 0.15) is 29.6 Å². The van der Waals surface area contributed by atoms with Crippen LogP contribution >= 0.6 is 11.6 Å². The van der Waals surface area contributed by atoms with Crippen LogP contribution in [0.3, 0.4) is 0 Å². The van der Waals surface area contributed by atoms with Gasteiger partial charge >= 0.3 is 5.97 Å². The van der Waals surface area contributed by atoms with Gasteiger partial charge in [-0.3, -0.25) is 24.5 Å². The lowest BCUT2D eigenvalue weighted by Crippen LogP contribution is -2.15. The minimum Gasteiger partial charge on any atom is -0.457 e. The number of nitro benzene ring substituents is 1. The van der Waals surface area contributed by atoms with Gasteiger partial charge in [0.15, 0.2) is 6.61 Å². The first-order valence-electron chi connectivity index (χ1n) is 8.34. The van der Waals surface area contributed by atoms with Crippen molar-refractivity contribution in [2.24, 2.45) is 0 Å². The fraction of sp³-hybridized carbons (Fsp3) is 0.211. The number of anilines is 1. The predicted molar refractivity (Wildman–Crippen MR) is 102 cm³/mol. The topological polar surface area (TPSA) is 116 Å². The van der Waals surface area contributed by atoms with E-state index in [1.165, 1.54) is 12.1 Å². The van der Waals surface area contributed by atoms with Crippen LogP contribution in [-0.4, -0.2) is 29.2 Å². The summed E-state index contributed by atoms with van der Waals surface area (Å²) in [5.74, 6) is -1.46. The van der Waals surface area contributed by atoms with Crippen LogP contribution < -0.4 is 5.32 Å². The number of nitrogens with zero attached hydrogens (tertiary/aromatic N) is 1. The molecular weight excluding hydrogens is 388 g/mol. The van der Waals surface area contributed by atoms with E-state index in [1.54, 1.807) is 24.3 Å². The number of carbonyl (C=O) groups is 3. The van der Waals surface area contributed by atoms with Crippen LogP contribution in [0.25, 0.3) is 0 Å². The molecule has 146 valence electrons. The summed E-state index contributed by atoms with van der Waals surface area (Å²) in [6.07, 6.45) is 0.357. The average molecular weight is 405 g/mol. The molecule has 0 heterocycles. The zero-order valence-corrected chi connectivity index (χ0v) is 15.5. The first-order valence-corrected chi connectivity index (χ1v) is 8.72. The molecule has 0 aliphatic rings. The molecule has 0 bridgehead atoms. The normalized spacial score (nSPS) is 10.2. The van der Waals surface area contributed by atoms with Gasteiger partial charge in [0.25, 0.3) is 5.69 Å². The molecule has 8 nitrogen and oxygen atoms in total. The second-order valence-corrected chi connectivity index (χ2v) is 6.18. The van der Waals surface area contributed by atoms with Gasteiger partial charge in [0, 0.05) is 30.2 Å². The number of nitrogens with one attached hydrogen (secondary N) is 1. The number of amides is 1. The van der Waals surface area contributed by atoms with Crippen LogP contribution in [-0.2, 0) is 14.3 Å². The second kappa shape index (κ2) is 10.2. The van der Waals surface area contributed by atoms with E-state index in [0.717, 1.165) is 6.07 Å². The van der Waals surface area contributed by atoms with E-state index in [1.807, 2.05) is 6.07 Å². The van der Waals surface area contributed by atoms with Crippen molar-refractivity contribution in [3.63, 3.8) is 0 Å². The predicted octanol–water partition coefficient (Wildman–Crippen LogP) is 3.78. The molecule has 0 saturated carbocycles. The van der Waals surface area contributed by atoms with Crippen LogP contribution in [0.5, 0.6) is 0 Å². The van der Waals surface area contributed by atoms with Gasteiger partial charge in [-0.05, 0) is 30.7 Å². The summed E-state index contributed by atoms with van der Waals surface area (Å²) in [5.41, 5.74) is 0.284. The number of ketones is 1. The third-order valence-corrected chi connectivity index (χ3v) is 3.99. The number of halogens is 1. The third-order valence-electron chi connectivity index (χ3n) is 3.67. The SMILES string of the molecule is O=C(CCCC(=O)OCC(=O)c1ccc(Cl)c([N+](=O)[O-])c1)Nc1ccccc1. The van der Waals surface area contributed by atoms with Crippen LogP contribution in [0, 0.1) is 10.1 Å². The van der Waals surface area contributed by atoms with E-state index in [-0.39, 0.29) is 35.8 Å². The van der Waals surface area contributed by atoms with Gasteiger partial charge in [-0.25, -0.2) is 0 Å². The molecule has 28 heavy (non-hydrogen) atoms. The monoisotopic (exact) mass is 404 g/mol. The van der Waals surface area contributed by atoms with Gasteiger partial charge in [-0.15, -0.1) is 0 Å². The van der Waals surface area contributed by atoms with Crippen molar-refractivity contribution in [3.8, 4) is 0 Å². The van der Waals surface area contributed by atoms with E-state index in [0.29, 0.717) is 5.69 Å². The second-order valence-electron chi connectivity index (χ2n) is 5.77. The highest BCUT2D eigenvalue weighted by molar-refractivity contribution is 6.32. The van der Waals surface area contributed by atoms with Crippen molar-refractivity contribution in [2.75, 3.05) is 11.9 Å². The van der Waals surface area contributed by atoms with Crippen molar-refractivity contribution < 1.29 is 24.0 Å². The van der Waals surface area contributed by atoms with Crippen molar-refractivity contribution >= 4 is 40.6 Å². The quantitative estimate of drug-likeness (QED) is 0.294. The van der Waals surface area contributed by atoms with Crippen LogP contribution in [0.2, 0.25) is 5.02 Å². The highest BCUT2D eigenvalue weighted by Crippen LogP contribution is 2.25. The van der Waals surface area contributed by atoms with E-state index >= 15 is 0 Å². The Morgan fingerprint density at radius 1 is 1.07 bits per heavy atom. The van der Waals surface area contributed by atoms with E-state index < -0.39 is 29.0 Å². The highest BCUT2D eigenvalue weighted by atomic mass is 35.5. The Bertz CT molecular complexity index is 885. The van der Waals surface area contributed by atoms with E-state index in [4.69, 9.17) is 16.3 Å². The van der Waals surface area contributed by atoms with E-state index in [9.17, 15) is 24.5 Å². The van der Waals surface area contributed by atoms with Crippen molar-refractivity contribution in [3.05, 3.63) is 69.2 Å². The Kier molecular flexibility index (Phi) is 7.65. The zero-order valence-electron chi connectivity index (χ0n) is 14.7. The molecule has 0 aliphatic heterocycles. The smallest absolute Gasteiger partial charge is 0.306 e. The Hall–Kier alpha value is -3.26. The number of hydrogen-bond acceptors (Lipinski definition) is 6. The summed E-state index contributed by atoms with van der Waals surface area (Å²) in [4.78, 5) is 45.6. The van der Waals surface area contributed by atoms with Crippen LogP contribution in [0.15, 0.2) is 48.5 Å². The first kappa shape index (κ1) is 21.0. The number of carbonyl (C=O) groups excluding carboxylic acids is 3. The van der Waals surface area contributed by atoms with Crippen molar-refractivity contribution in [1.29, 1.82) is 0 Å². The molecule has 0 unspecified atom stereocenters. The maximum atomic E-state index is 12.0. The number of nitro groups is 1. The summed E-state index contributed by atoms with van der Waals surface area (Å²) in [6.45, 7) is -0.548. The van der Waals surface area contributed by atoms with Gasteiger partial charge in [-0.1, -0.05) is 29.8 Å². The van der Waals surface area contributed by atoms with Crippen molar-refractivity contribution in [1.82, 2.24) is 0 Å². The lowest BCUT2D eigenvalue weighted by atomic mass is 10.1. The molecule has 0 radical (unpaired) electrons. The van der Waals surface area contributed by atoms with Gasteiger partial charge in [0.05, 0.1) is 4.92 Å². The molecule has 1 N–H and O–H groups in total. The fourth-order valence-electron chi connectivity index (χ4n) is 2.27. The molecule has 0 spiro atoms. The van der Waals surface area contributed by atoms with Crippen molar-refractivity contribution in [2.45, 2.75) is 19.3 Å². The Labute approximate surface area is 165 Å². The number of hydrogen-bond donors (Lipinski definition) is 1. The van der Waals surface area contributed by atoms with Gasteiger partial charge < -0.3 is 10.1 Å². The highest BCUT2D eigenvalue weighted by Gasteiger charge is 2.17. The third kappa shape index (κ3) is 6.48. The molecule has 0 saturated heterocycles. The number of ether oxygens (including phenoxy) is 1.